The SMILES string of the molecule is O[B]Oc1cccc2c1oc1c(-c3ccccc3)c3ccccc3cc12. The van der Waals surface area contributed by atoms with Gasteiger partial charge in [0.2, 0.25) is 0 Å². The van der Waals surface area contributed by atoms with Gasteiger partial charge in [-0.1, -0.05) is 66.7 Å². The van der Waals surface area contributed by atoms with Gasteiger partial charge in [-0.25, -0.2) is 0 Å². The van der Waals surface area contributed by atoms with Gasteiger partial charge >= 0.3 is 7.69 Å². The first-order valence-corrected chi connectivity index (χ1v) is 8.42. The van der Waals surface area contributed by atoms with Gasteiger partial charge in [-0.05, 0) is 28.5 Å². The van der Waals surface area contributed by atoms with Crippen molar-refractivity contribution in [1.29, 1.82) is 0 Å². The summed E-state index contributed by atoms with van der Waals surface area (Å²) >= 11 is 0. The molecule has 123 valence electrons. The minimum atomic E-state index is 0.490. The zero-order chi connectivity index (χ0) is 17.5. The lowest BCUT2D eigenvalue weighted by molar-refractivity contribution is 0.451. The number of para-hydroxylation sites is 1. The molecule has 0 aliphatic heterocycles. The summed E-state index contributed by atoms with van der Waals surface area (Å²) < 4.78 is 11.5. The molecule has 0 saturated heterocycles. The number of furan rings is 1. The van der Waals surface area contributed by atoms with Crippen molar-refractivity contribution in [2.75, 3.05) is 0 Å². The second kappa shape index (κ2) is 5.93. The first-order chi connectivity index (χ1) is 12.9. The Bertz CT molecular complexity index is 1240. The molecule has 0 aliphatic rings. The fraction of sp³-hybridized carbons (Fsp3) is 0. The number of hydrogen-bond acceptors (Lipinski definition) is 3. The van der Waals surface area contributed by atoms with Crippen LogP contribution >= 0.6 is 0 Å². The van der Waals surface area contributed by atoms with Gasteiger partial charge in [0.1, 0.15) is 11.3 Å². The van der Waals surface area contributed by atoms with Crippen molar-refractivity contribution in [2.45, 2.75) is 0 Å². The Hall–Kier alpha value is -3.24. The standard InChI is InChI=1S/C22H14BO3/c24-23-26-19-12-6-11-17-18-13-15-9-4-5-10-16(15)20(22(18)25-21(17)19)14-7-2-1-3-8-14/h1-13,24H. The van der Waals surface area contributed by atoms with Crippen molar-refractivity contribution in [3.8, 4) is 16.9 Å². The van der Waals surface area contributed by atoms with Crippen LogP contribution in [0.3, 0.4) is 0 Å². The Morgan fingerprint density at radius 3 is 2.35 bits per heavy atom. The minimum absolute atomic E-state index is 0.490. The van der Waals surface area contributed by atoms with Crippen LogP contribution in [0.1, 0.15) is 0 Å². The van der Waals surface area contributed by atoms with Gasteiger partial charge in [0.25, 0.3) is 0 Å². The highest BCUT2D eigenvalue weighted by Crippen LogP contribution is 2.42. The van der Waals surface area contributed by atoms with Gasteiger partial charge in [-0.3, -0.25) is 0 Å². The van der Waals surface area contributed by atoms with Crippen LogP contribution in [0, 0.1) is 0 Å². The second-order valence-corrected chi connectivity index (χ2v) is 6.17. The smallest absolute Gasteiger partial charge is 0.535 e. The first kappa shape index (κ1) is 15.1. The van der Waals surface area contributed by atoms with Crippen LogP contribution in [0.5, 0.6) is 5.75 Å². The minimum Gasteiger partial charge on any atom is -0.535 e. The summed E-state index contributed by atoms with van der Waals surface area (Å²) in [5.41, 5.74) is 3.61. The van der Waals surface area contributed by atoms with E-state index in [2.05, 4.69) is 30.3 Å². The molecule has 1 N–H and O–H groups in total. The van der Waals surface area contributed by atoms with Crippen LogP contribution in [-0.4, -0.2) is 12.7 Å². The zero-order valence-electron chi connectivity index (χ0n) is 13.8. The van der Waals surface area contributed by atoms with E-state index in [0.717, 1.165) is 38.3 Å². The van der Waals surface area contributed by atoms with E-state index in [1.807, 2.05) is 42.5 Å². The molecule has 4 aromatic carbocycles. The molecule has 26 heavy (non-hydrogen) atoms. The highest BCUT2D eigenvalue weighted by atomic mass is 16.5. The molecular weight excluding hydrogens is 323 g/mol. The Balaban J connectivity index is 1.98. The van der Waals surface area contributed by atoms with E-state index in [-0.39, 0.29) is 0 Å². The summed E-state index contributed by atoms with van der Waals surface area (Å²) in [5, 5.41) is 13.3. The number of benzene rings is 4. The monoisotopic (exact) mass is 337 g/mol. The molecule has 3 nitrogen and oxygen atoms in total. The molecule has 0 saturated carbocycles. The van der Waals surface area contributed by atoms with Crippen molar-refractivity contribution < 1.29 is 14.1 Å². The van der Waals surface area contributed by atoms with E-state index >= 15 is 0 Å². The maximum absolute atomic E-state index is 9.05. The molecule has 0 aliphatic carbocycles. The largest absolute Gasteiger partial charge is 0.569 e. The van der Waals surface area contributed by atoms with Crippen molar-refractivity contribution in [3.63, 3.8) is 0 Å². The van der Waals surface area contributed by atoms with Crippen molar-refractivity contribution in [3.05, 3.63) is 78.9 Å². The van der Waals surface area contributed by atoms with Crippen molar-refractivity contribution >= 4 is 40.4 Å². The van der Waals surface area contributed by atoms with Gasteiger partial charge in [0, 0.05) is 16.3 Å². The summed E-state index contributed by atoms with van der Waals surface area (Å²) in [5.74, 6) is 0.490. The Morgan fingerprint density at radius 1 is 0.731 bits per heavy atom. The lowest BCUT2D eigenvalue weighted by Crippen LogP contribution is -1.99. The number of rotatable bonds is 3. The third-order valence-electron chi connectivity index (χ3n) is 4.72. The Kier molecular flexibility index (Phi) is 3.44. The summed E-state index contributed by atoms with van der Waals surface area (Å²) in [4.78, 5) is 0. The molecule has 5 rings (SSSR count). The fourth-order valence-electron chi connectivity index (χ4n) is 3.61. The summed E-state index contributed by atoms with van der Waals surface area (Å²) in [6, 6.07) is 26.4. The molecule has 0 amide bonds. The van der Waals surface area contributed by atoms with E-state index in [9.17, 15) is 0 Å². The highest BCUT2D eigenvalue weighted by Gasteiger charge is 2.18. The van der Waals surface area contributed by atoms with Crippen LogP contribution < -0.4 is 4.65 Å². The van der Waals surface area contributed by atoms with E-state index in [1.165, 1.54) is 0 Å². The molecule has 0 spiro atoms. The van der Waals surface area contributed by atoms with Crippen LogP contribution in [-0.2, 0) is 0 Å². The van der Waals surface area contributed by atoms with Crippen molar-refractivity contribution in [2.24, 2.45) is 0 Å². The summed E-state index contributed by atoms with van der Waals surface area (Å²) in [7, 11) is 0.677. The van der Waals surface area contributed by atoms with Gasteiger partial charge in [-0.2, -0.15) is 0 Å². The third-order valence-corrected chi connectivity index (χ3v) is 4.72. The molecule has 0 unspecified atom stereocenters. The first-order valence-electron chi connectivity index (χ1n) is 8.42. The van der Waals surface area contributed by atoms with Crippen molar-refractivity contribution in [1.82, 2.24) is 0 Å². The average molecular weight is 337 g/mol. The molecule has 5 aromatic rings. The lowest BCUT2D eigenvalue weighted by Gasteiger charge is -2.08. The van der Waals surface area contributed by atoms with Gasteiger partial charge in [-0.15, -0.1) is 0 Å². The highest BCUT2D eigenvalue weighted by molar-refractivity contribution is 6.21. The molecule has 1 radical (unpaired) electrons. The predicted molar refractivity (Wildman–Crippen MR) is 105 cm³/mol. The number of hydrogen-bond donors (Lipinski definition) is 1. The lowest BCUT2D eigenvalue weighted by atomic mass is 9.95. The Labute approximate surface area is 150 Å². The van der Waals surface area contributed by atoms with Crippen LogP contribution in [0.25, 0.3) is 43.8 Å². The molecule has 1 heterocycles. The maximum atomic E-state index is 9.05. The average Bonchev–Trinajstić information content (AvgIpc) is 3.06. The molecule has 4 heteroatoms. The van der Waals surface area contributed by atoms with E-state index < -0.39 is 0 Å². The molecule has 0 fully saturated rings. The van der Waals surface area contributed by atoms with E-state index in [1.54, 1.807) is 6.07 Å². The van der Waals surface area contributed by atoms with Gasteiger partial charge in [0.15, 0.2) is 5.58 Å². The zero-order valence-corrected chi connectivity index (χ0v) is 13.8. The van der Waals surface area contributed by atoms with E-state index in [4.69, 9.17) is 14.1 Å². The topological polar surface area (TPSA) is 42.6 Å². The second-order valence-electron chi connectivity index (χ2n) is 6.17. The predicted octanol–water partition coefficient (Wildman–Crippen LogP) is 5.31. The molecule has 1 aromatic heterocycles. The number of fused-ring (bicyclic) bond motifs is 4. The maximum Gasteiger partial charge on any atom is 0.569 e. The quantitative estimate of drug-likeness (QED) is 0.454. The Morgan fingerprint density at radius 2 is 1.50 bits per heavy atom. The fourth-order valence-corrected chi connectivity index (χ4v) is 3.61. The third kappa shape index (κ3) is 2.20. The van der Waals surface area contributed by atoms with E-state index in [0.29, 0.717) is 19.0 Å². The molecular formula is C22H14BO3. The van der Waals surface area contributed by atoms with Gasteiger partial charge < -0.3 is 14.1 Å². The van der Waals surface area contributed by atoms with Crippen LogP contribution in [0.2, 0.25) is 0 Å². The van der Waals surface area contributed by atoms with Gasteiger partial charge in [0.05, 0.1) is 0 Å². The van der Waals surface area contributed by atoms with Crippen LogP contribution in [0.15, 0.2) is 83.3 Å². The molecule has 0 atom stereocenters. The molecule has 0 bridgehead atoms. The summed E-state index contributed by atoms with van der Waals surface area (Å²) in [6.45, 7) is 0. The van der Waals surface area contributed by atoms with Crippen LogP contribution in [0.4, 0.5) is 0 Å². The summed E-state index contributed by atoms with van der Waals surface area (Å²) in [6.07, 6.45) is 0. The normalized spacial score (nSPS) is 11.3.